The molecule has 66 heavy (non-hydrogen) atoms. The lowest BCUT2D eigenvalue weighted by molar-refractivity contribution is 0.332. The summed E-state index contributed by atoms with van der Waals surface area (Å²) in [6.45, 7) is 16.5. The second-order valence-electron chi connectivity index (χ2n) is 21.9. The first kappa shape index (κ1) is 37.5. The molecule has 1 aliphatic carbocycles. The number of benzene rings is 8. The third-order valence-electron chi connectivity index (χ3n) is 16.2. The molecule has 6 heteroatoms. The van der Waals surface area contributed by atoms with Gasteiger partial charge >= 0.3 is 6.85 Å². The maximum atomic E-state index is 7.03. The number of thiophene rings is 1. The molecule has 0 bridgehead atoms. The van der Waals surface area contributed by atoms with Crippen molar-refractivity contribution in [3.8, 4) is 16.8 Å². The molecule has 0 saturated carbocycles. The van der Waals surface area contributed by atoms with Gasteiger partial charge in [-0.2, -0.15) is 0 Å². The first-order chi connectivity index (χ1) is 31.8. The molecule has 4 nitrogen and oxygen atoms in total. The minimum atomic E-state index is -0.106. The molecular weight excluding hydrogens is 824 g/mol. The van der Waals surface area contributed by atoms with E-state index in [0.717, 1.165) is 39.5 Å². The van der Waals surface area contributed by atoms with Crippen LogP contribution in [0.4, 0.5) is 11.4 Å². The molecule has 0 atom stereocenters. The van der Waals surface area contributed by atoms with E-state index in [0.29, 0.717) is 0 Å². The largest absolute Gasteiger partial charge is 0.456 e. The smallest absolute Gasteiger partial charge is 0.333 e. The van der Waals surface area contributed by atoms with E-state index in [9.17, 15) is 0 Å². The van der Waals surface area contributed by atoms with Crippen molar-refractivity contribution in [3.05, 3.63) is 150 Å². The molecular formula is C60H47BN2O2S. The topological polar surface area (TPSA) is 34.5 Å². The number of aromatic nitrogens is 1. The lowest BCUT2D eigenvalue weighted by atomic mass is 9.44. The summed E-state index contributed by atoms with van der Waals surface area (Å²) < 4.78 is 18.8. The number of nitrogens with zero attached hydrogens (tertiary/aromatic N) is 2. The number of rotatable bonds is 1. The fourth-order valence-corrected chi connectivity index (χ4v) is 13.7. The van der Waals surface area contributed by atoms with Crippen LogP contribution in [0.2, 0.25) is 0 Å². The number of anilines is 2. The Morgan fingerprint density at radius 3 is 2.00 bits per heavy atom. The summed E-state index contributed by atoms with van der Waals surface area (Å²) in [5.74, 6) is 0. The van der Waals surface area contributed by atoms with Crippen LogP contribution in [0.25, 0.3) is 103 Å². The maximum absolute atomic E-state index is 7.03. The van der Waals surface area contributed by atoms with Gasteiger partial charge in [-0.1, -0.05) is 109 Å². The Bertz CT molecular complexity index is 4170. The van der Waals surface area contributed by atoms with E-state index in [1.54, 1.807) is 0 Å². The lowest BCUT2D eigenvalue weighted by Gasteiger charge is -2.42. The van der Waals surface area contributed by atoms with Crippen LogP contribution in [0.3, 0.4) is 0 Å². The molecule has 0 fully saturated rings. The zero-order chi connectivity index (χ0) is 44.3. The van der Waals surface area contributed by atoms with Gasteiger partial charge in [0.05, 0.1) is 11.0 Å². The fourth-order valence-electron chi connectivity index (χ4n) is 12.6. The number of fused-ring (bicyclic) bond motifs is 18. The maximum Gasteiger partial charge on any atom is 0.333 e. The summed E-state index contributed by atoms with van der Waals surface area (Å²) >= 11 is 1.90. The molecule has 0 spiro atoms. The Morgan fingerprint density at radius 1 is 0.530 bits per heavy atom. The van der Waals surface area contributed by atoms with Gasteiger partial charge in [0, 0.05) is 75.1 Å². The van der Waals surface area contributed by atoms with Crippen LogP contribution in [-0.2, 0) is 16.2 Å². The molecule has 8 aromatic carbocycles. The highest BCUT2D eigenvalue weighted by atomic mass is 32.1. The average molecular weight is 871 g/mol. The van der Waals surface area contributed by atoms with Gasteiger partial charge < -0.3 is 18.2 Å². The van der Waals surface area contributed by atoms with Crippen molar-refractivity contribution in [2.24, 2.45) is 0 Å². The fraction of sp³-hybridized carbons (Fsp3) is 0.200. The van der Waals surface area contributed by atoms with Gasteiger partial charge in [-0.05, 0) is 135 Å². The summed E-state index contributed by atoms with van der Waals surface area (Å²) in [5, 5.41) is 9.72. The molecule has 2 aliphatic heterocycles. The van der Waals surface area contributed by atoms with Crippen molar-refractivity contribution in [1.29, 1.82) is 0 Å². The number of hydrogen-bond donors (Lipinski definition) is 0. The molecule has 0 unspecified atom stereocenters. The zero-order valence-electron chi connectivity index (χ0n) is 38.3. The van der Waals surface area contributed by atoms with Crippen LogP contribution >= 0.6 is 11.3 Å². The van der Waals surface area contributed by atoms with Crippen molar-refractivity contribution in [3.63, 3.8) is 0 Å². The van der Waals surface area contributed by atoms with Gasteiger partial charge in [-0.15, -0.1) is 11.3 Å². The number of para-hydroxylation sites is 1. The number of furan rings is 2. The second kappa shape index (κ2) is 12.2. The average Bonchev–Trinajstić information content (AvgIpc) is 4.05. The highest BCUT2D eigenvalue weighted by molar-refractivity contribution is 7.26. The second-order valence-corrected chi connectivity index (χ2v) is 23.0. The van der Waals surface area contributed by atoms with Gasteiger partial charge in [0.15, 0.2) is 0 Å². The monoisotopic (exact) mass is 870 g/mol. The van der Waals surface area contributed by atoms with Crippen LogP contribution in [0.1, 0.15) is 78.0 Å². The van der Waals surface area contributed by atoms with Crippen molar-refractivity contribution in [2.75, 3.05) is 4.81 Å². The minimum absolute atomic E-state index is 0.0239. The molecule has 0 amide bonds. The van der Waals surface area contributed by atoms with Crippen LogP contribution < -0.4 is 15.7 Å². The van der Waals surface area contributed by atoms with Crippen LogP contribution in [0, 0.1) is 0 Å². The third kappa shape index (κ3) is 4.75. The molecule has 318 valence electrons. The molecule has 0 saturated heterocycles. The van der Waals surface area contributed by atoms with Crippen molar-refractivity contribution in [2.45, 2.75) is 77.6 Å². The van der Waals surface area contributed by atoms with E-state index in [-0.39, 0.29) is 23.1 Å². The van der Waals surface area contributed by atoms with Gasteiger partial charge in [-0.3, -0.25) is 0 Å². The van der Waals surface area contributed by atoms with E-state index in [2.05, 4.69) is 191 Å². The first-order valence-electron chi connectivity index (χ1n) is 23.6. The summed E-state index contributed by atoms with van der Waals surface area (Å²) in [7, 11) is 0. The van der Waals surface area contributed by atoms with Gasteiger partial charge in [0.1, 0.15) is 22.3 Å². The SMILES string of the molecule is CC(C)(C)c1ccc(N2B3c4cc5sc6ccccc6c5cc4-n4c5cc6c(cc5c5ccc(c3c54)-c3cc4oc5cc7c(cc5c4cc32)C(C)(C)CCC7(C)C)oc2ccccc26)cc1. The lowest BCUT2D eigenvalue weighted by Crippen LogP contribution is -2.60. The summed E-state index contributed by atoms with van der Waals surface area (Å²) in [6, 6.07) is 51.0. The van der Waals surface area contributed by atoms with E-state index in [4.69, 9.17) is 8.83 Å². The molecule has 3 aliphatic rings. The van der Waals surface area contributed by atoms with E-state index in [1.807, 2.05) is 11.3 Å². The van der Waals surface area contributed by atoms with Gasteiger partial charge in [0.25, 0.3) is 0 Å². The predicted molar refractivity (Wildman–Crippen MR) is 281 cm³/mol. The molecule has 12 aromatic rings. The standard InChI is InChI=1S/C60H47BN2O2S/c1-58(2,3)32-16-18-33(19-17-32)63-48-26-42-40-24-44-45(60(6,7)23-22-59(44,4)5)30-53(40)65-52(42)28-38(48)36-20-21-37-39-29-51-41(34-12-8-10-14-50(34)64-51)25-47(39)62-49-27-43-35-13-9-11-15-54(35)66-55(43)31-46(49)61(63)56(36)57(37)62/h8-21,24-31H,22-23H2,1-7H3. The Morgan fingerprint density at radius 2 is 1.20 bits per heavy atom. The molecule has 6 heterocycles. The van der Waals surface area contributed by atoms with Crippen LogP contribution in [-0.4, -0.2) is 11.4 Å². The van der Waals surface area contributed by atoms with Crippen LogP contribution in [0.15, 0.2) is 142 Å². The Balaban J connectivity index is 1.10. The van der Waals surface area contributed by atoms with E-state index >= 15 is 0 Å². The quantitative estimate of drug-likeness (QED) is 0.154. The summed E-state index contributed by atoms with van der Waals surface area (Å²) in [4.78, 5) is 2.67. The van der Waals surface area contributed by atoms with Gasteiger partial charge in [-0.25, -0.2) is 0 Å². The summed E-state index contributed by atoms with van der Waals surface area (Å²) in [5.41, 5.74) is 19.3. The van der Waals surface area contributed by atoms with Crippen molar-refractivity contribution in [1.82, 2.24) is 4.57 Å². The van der Waals surface area contributed by atoms with Crippen LogP contribution in [0.5, 0.6) is 0 Å². The van der Waals surface area contributed by atoms with Crippen molar-refractivity contribution < 1.29 is 8.83 Å². The molecule has 15 rings (SSSR count). The normalized spacial score (nSPS) is 16.2. The van der Waals surface area contributed by atoms with Crippen molar-refractivity contribution >= 4 is 126 Å². The molecule has 0 radical (unpaired) electrons. The molecule has 0 N–H and O–H groups in total. The Labute approximate surface area is 387 Å². The summed E-state index contributed by atoms with van der Waals surface area (Å²) in [6.07, 6.45) is 2.33. The third-order valence-corrected chi connectivity index (χ3v) is 17.3. The number of hydrogen-bond acceptors (Lipinski definition) is 4. The zero-order valence-corrected chi connectivity index (χ0v) is 39.1. The highest BCUT2D eigenvalue weighted by Crippen LogP contribution is 2.52. The van der Waals surface area contributed by atoms with E-state index < -0.39 is 0 Å². The van der Waals surface area contributed by atoms with E-state index in [1.165, 1.54) is 115 Å². The highest BCUT2D eigenvalue weighted by Gasteiger charge is 2.45. The minimum Gasteiger partial charge on any atom is -0.456 e. The molecule has 4 aromatic heterocycles. The first-order valence-corrected chi connectivity index (χ1v) is 24.5. The van der Waals surface area contributed by atoms with Gasteiger partial charge in [0.2, 0.25) is 0 Å². The Kier molecular flexibility index (Phi) is 6.91. The Hall–Kier alpha value is -6.76. The predicted octanol–water partition coefficient (Wildman–Crippen LogP) is 15.8.